The first-order valence-corrected chi connectivity index (χ1v) is 0.651. The van der Waals surface area contributed by atoms with Crippen molar-refractivity contribution in [1.82, 2.24) is 0 Å². The van der Waals surface area contributed by atoms with E-state index in [0.29, 0.717) is 0 Å². The highest BCUT2D eigenvalue weighted by molar-refractivity contribution is 5.85. The van der Waals surface area contributed by atoms with E-state index in [1.54, 1.807) is 0 Å². The van der Waals surface area contributed by atoms with Crippen molar-refractivity contribution in [2.75, 3.05) is 0 Å². The molecule has 0 atom stereocenters. The highest BCUT2D eigenvalue weighted by Crippen LogP contribution is 1.42. The van der Waals surface area contributed by atoms with Crippen molar-refractivity contribution in [3.63, 3.8) is 0 Å². The maximum absolute atomic E-state index is 8.56. The molecular weight excluding hydrogens is 143 g/mol. The van der Waals surface area contributed by atoms with Crippen molar-refractivity contribution in [2.45, 2.75) is 7.43 Å². The number of carboxylic acid groups (broad SMARTS) is 2. The minimum Gasteiger partial charge on any atom is -0.450 e. The summed E-state index contributed by atoms with van der Waals surface area (Å²) in [5, 5.41) is 13.9. The maximum Gasteiger partial charge on any atom is 0.503 e. The number of rotatable bonds is 0. The Balaban J connectivity index is -0.0000000150. The van der Waals surface area contributed by atoms with E-state index in [-0.39, 0.29) is 32.2 Å². The normalized spacial score (nSPS) is 3.43. The maximum atomic E-state index is 8.56. The number of hydrogen-bond acceptors (Lipinski definition) is 1. The second kappa shape index (κ2) is 16.9. The molecule has 0 saturated carbocycles. The van der Waals surface area contributed by atoms with Gasteiger partial charge in [-0.05, 0) is 0 Å². The first-order chi connectivity index (χ1) is 1.73. The third kappa shape index (κ3) is 3850. The van der Waals surface area contributed by atoms with Gasteiger partial charge in [0.1, 0.15) is 0 Å². The predicted molar refractivity (Wildman–Crippen MR) is 31.9 cm³/mol. The van der Waals surface area contributed by atoms with Gasteiger partial charge in [-0.1, -0.05) is 7.43 Å². The van der Waals surface area contributed by atoms with Gasteiger partial charge in [0.2, 0.25) is 0 Å². The molecule has 0 aliphatic carbocycles. The van der Waals surface area contributed by atoms with E-state index in [1.165, 1.54) is 0 Å². The minimum atomic E-state index is -1.83. The summed E-state index contributed by atoms with van der Waals surface area (Å²) in [6.45, 7) is 0. The van der Waals surface area contributed by atoms with Crippen molar-refractivity contribution in [3.05, 3.63) is 0 Å². The molecule has 48 valence electrons. The van der Waals surface area contributed by atoms with Crippen LogP contribution in [0.4, 0.5) is 4.79 Å². The van der Waals surface area contributed by atoms with Gasteiger partial charge in [-0.15, -0.1) is 24.8 Å². The molecular formula is C2H8Cl2O3. The van der Waals surface area contributed by atoms with Crippen LogP contribution in [-0.2, 0) is 0 Å². The third-order valence-electron chi connectivity index (χ3n) is 0. The molecule has 7 heavy (non-hydrogen) atoms. The van der Waals surface area contributed by atoms with Crippen LogP contribution in [0.1, 0.15) is 7.43 Å². The van der Waals surface area contributed by atoms with Gasteiger partial charge in [0.15, 0.2) is 0 Å². The van der Waals surface area contributed by atoms with E-state index in [0.717, 1.165) is 0 Å². The van der Waals surface area contributed by atoms with Crippen molar-refractivity contribution in [2.24, 2.45) is 0 Å². The van der Waals surface area contributed by atoms with Crippen molar-refractivity contribution >= 4 is 31.0 Å². The summed E-state index contributed by atoms with van der Waals surface area (Å²) in [5.74, 6) is 0. The van der Waals surface area contributed by atoms with Crippen LogP contribution < -0.4 is 0 Å². The molecule has 0 heterocycles. The summed E-state index contributed by atoms with van der Waals surface area (Å²) < 4.78 is 0. The van der Waals surface area contributed by atoms with Gasteiger partial charge in [0.05, 0.1) is 0 Å². The lowest BCUT2D eigenvalue weighted by molar-refractivity contribution is 0.137. The Morgan fingerprint density at radius 2 is 1.14 bits per heavy atom. The Kier molecular flexibility index (Phi) is 69.8. The number of hydrogen-bond donors (Lipinski definition) is 2. The van der Waals surface area contributed by atoms with Gasteiger partial charge in [0, 0.05) is 0 Å². The monoisotopic (exact) mass is 150 g/mol. The molecule has 0 aromatic heterocycles. The Bertz CT molecular complexity index is 33.9. The zero-order valence-electron chi connectivity index (χ0n) is 2.62. The predicted octanol–water partition coefficient (Wildman–Crippen LogP) is 1.70. The molecule has 2 N–H and O–H groups in total. The summed E-state index contributed by atoms with van der Waals surface area (Å²) in [7, 11) is 0. The molecule has 0 unspecified atom stereocenters. The Hall–Kier alpha value is -0.150. The van der Waals surface area contributed by atoms with Crippen molar-refractivity contribution in [1.29, 1.82) is 0 Å². The van der Waals surface area contributed by atoms with Gasteiger partial charge < -0.3 is 10.2 Å². The van der Waals surface area contributed by atoms with Crippen molar-refractivity contribution in [3.8, 4) is 0 Å². The van der Waals surface area contributed by atoms with Gasteiger partial charge in [0.25, 0.3) is 0 Å². The number of carbonyl (C=O) groups is 1. The van der Waals surface area contributed by atoms with Gasteiger partial charge >= 0.3 is 6.16 Å². The summed E-state index contributed by atoms with van der Waals surface area (Å²) in [5.41, 5.74) is 0. The first kappa shape index (κ1) is 28.9. The van der Waals surface area contributed by atoms with Gasteiger partial charge in [-0.25, -0.2) is 4.79 Å². The van der Waals surface area contributed by atoms with E-state index in [4.69, 9.17) is 15.0 Å². The molecule has 0 aliphatic rings. The lowest BCUT2D eigenvalue weighted by Gasteiger charge is -1.60. The fraction of sp³-hybridized carbons (Fsp3) is 0.500. The molecule has 0 bridgehead atoms. The van der Waals surface area contributed by atoms with Crippen molar-refractivity contribution < 1.29 is 15.0 Å². The SMILES string of the molecule is C.Cl.Cl.O=C(O)O. The molecule has 0 aromatic carbocycles. The van der Waals surface area contributed by atoms with Gasteiger partial charge in [-0.2, -0.15) is 0 Å². The molecule has 0 saturated heterocycles. The molecule has 0 aromatic rings. The Morgan fingerprint density at radius 1 is 1.14 bits per heavy atom. The van der Waals surface area contributed by atoms with Crippen LogP contribution in [0.15, 0.2) is 0 Å². The fourth-order valence-corrected chi connectivity index (χ4v) is 0. The second-order valence-electron chi connectivity index (χ2n) is 0.283. The average Bonchev–Trinajstić information content (AvgIpc) is 0.811. The molecule has 0 rings (SSSR count). The average molecular weight is 151 g/mol. The fourth-order valence-electron chi connectivity index (χ4n) is 0. The lowest BCUT2D eigenvalue weighted by atomic mass is 11.5. The second-order valence-corrected chi connectivity index (χ2v) is 0.283. The van der Waals surface area contributed by atoms with E-state index < -0.39 is 6.16 Å². The largest absolute Gasteiger partial charge is 0.503 e. The smallest absolute Gasteiger partial charge is 0.450 e. The zero-order valence-corrected chi connectivity index (χ0v) is 4.25. The van der Waals surface area contributed by atoms with E-state index in [2.05, 4.69) is 0 Å². The third-order valence-corrected chi connectivity index (χ3v) is 0. The van der Waals surface area contributed by atoms with Crippen LogP contribution in [0.25, 0.3) is 0 Å². The molecule has 0 amide bonds. The van der Waals surface area contributed by atoms with Crippen LogP contribution in [0, 0.1) is 0 Å². The van der Waals surface area contributed by atoms with Crippen LogP contribution in [0.2, 0.25) is 0 Å². The van der Waals surface area contributed by atoms with Crippen LogP contribution >= 0.6 is 24.8 Å². The summed E-state index contributed by atoms with van der Waals surface area (Å²) in [4.78, 5) is 8.56. The van der Waals surface area contributed by atoms with Crippen LogP contribution in [-0.4, -0.2) is 16.4 Å². The molecule has 3 nitrogen and oxygen atoms in total. The summed E-state index contributed by atoms with van der Waals surface area (Å²) >= 11 is 0. The van der Waals surface area contributed by atoms with E-state index >= 15 is 0 Å². The Morgan fingerprint density at radius 3 is 1.14 bits per heavy atom. The molecule has 0 fully saturated rings. The standard InChI is InChI=1S/CH2O3.CH4.2ClH/c2-1(3)4;;;/h(H2,2,3,4);1H4;2*1H. The van der Waals surface area contributed by atoms with E-state index in [9.17, 15) is 0 Å². The molecule has 0 aliphatic heterocycles. The van der Waals surface area contributed by atoms with Gasteiger partial charge in [-0.3, -0.25) is 0 Å². The first-order valence-electron chi connectivity index (χ1n) is 0.651. The molecule has 0 radical (unpaired) electrons. The summed E-state index contributed by atoms with van der Waals surface area (Å²) in [6.07, 6.45) is -1.83. The zero-order chi connectivity index (χ0) is 3.58. The van der Waals surface area contributed by atoms with Crippen LogP contribution in [0.5, 0.6) is 0 Å². The molecule has 0 spiro atoms. The minimum absolute atomic E-state index is 0. The highest BCUT2D eigenvalue weighted by Gasteiger charge is 1.70. The topological polar surface area (TPSA) is 57.5 Å². The van der Waals surface area contributed by atoms with E-state index in [1.807, 2.05) is 0 Å². The van der Waals surface area contributed by atoms with Crippen LogP contribution in [0.3, 0.4) is 0 Å². The number of halogens is 2. The highest BCUT2D eigenvalue weighted by atomic mass is 35.5. The Labute approximate surface area is 54.2 Å². The quantitative estimate of drug-likeness (QED) is 0.553. The summed E-state index contributed by atoms with van der Waals surface area (Å²) in [6, 6.07) is 0. The molecule has 5 heteroatoms. The lowest BCUT2D eigenvalue weighted by Crippen LogP contribution is -1.81.